The molecule has 1 aromatic carbocycles. The Bertz CT molecular complexity index is 374. The first-order valence-electron chi connectivity index (χ1n) is 5.71. The van der Waals surface area contributed by atoms with Crippen LogP contribution in [0.2, 0.25) is 0 Å². The van der Waals surface area contributed by atoms with E-state index in [4.69, 9.17) is 16.3 Å². The van der Waals surface area contributed by atoms with Gasteiger partial charge in [-0.05, 0) is 37.0 Å². The minimum atomic E-state index is -0.282. The lowest BCUT2D eigenvalue weighted by atomic mass is 10.1. The number of ether oxygens (including phenoxy) is 1. The molecule has 2 nitrogen and oxygen atoms in total. The first kappa shape index (κ1) is 13.8. The van der Waals surface area contributed by atoms with Crippen LogP contribution in [0, 0.1) is 0 Å². The van der Waals surface area contributed by atoms with Crippen molar-refractivity contribution in [3.63, 3.8) is 0 Å². The van der Waals surface area contributed by atoms with Gasteiger partial charge < -0.3 is 4.74 Å². The van der Waals surface area contributed by atoms with Gasteiger partial charge in [0, 0.05) is 5.88 Å². The first-order valence-corrected chi connectivity index (χ1v) is 6.24. The number of alkyl halides is 1. The minimum absolute atomic E-state index is 0.282. The SMILES string of the molecule is C=CCCCCOC(=O)c1cccc(CCl)c1. The number of carbonyl (C=O) groups is 1. The van der Waals surface area contributed by atoms with Gasteiger partial charge in [-0.3, -0.25) is 0 Å². The number of unbranched alkanes of at least 4 members (excludes halogenated alkanes) is 2. The van der Waals surface area contributed by atoms with E-state index in [2.05, 4.69) is 6.58 Å². The van der Waals surface area contributed by atoms with Crippen molar-refractivity contribution in [3.8, 4) is 0 Å². The largest absolute Gasteiger partial charge is 0.462 e. The molecule has 0 fully saturated rings. The Morgan fingerprint density at radius 3 is 2.94 bits per heavy atom. The molecule has 3 heteroatoms. The van der Waals surface area contributed by atoms with Crippen LogP contribution in [0.25, 0.3) is 0 Å². The van der Waals surface area contributed by atoms with Gasteiger partial charge in [0.15, 0.2) is 0 Å². The quantitative estimate of drug-likeness (QED) is 0.318. The molecule has 0 aliphatic carbocycles. The Morgan fingerprint density at radius 1 is 1.41 bits per heavy atom. The smallest absolute Gasteiger partial charge is 0.338 e. The number of esters is 1. The van der Waals surface area contributed by atoms with E-state index in [0.29, 0.717) is 18.1 Å². The number of hydrogen-bond donors (Lipinski definition) is 0. The summed E-state index contributed by atoms with van der Waals surface area (Å²) in [7, 11) is 0. The van der Waals surface area contributed by atoms with Crippen molar-refractivity contribution in [2.45, 2.75) is 25.1 Å². The van der Waals surface area contributed by atoms with E-state index in [0.717, 1.165) is 24.8 Å². The third-order valence-corrected chi connectivity index (χ3v) is 2.66. The molecule has 0 amide bonds. The number of halogens is 1. The van der Waals surface area contributed by atoms with E-state index in [1.54, 1.807) is 12.1 Å². The highest BCUT2D eigenvalue weighted by molar-refractivity contribution is 6.17. The summed E-state index contributed by atoms with van der Waals surface area (Å²) in [6.45, 7) is 4.10. The van der Waals surface area contributed by atoms with Crippen LogP contribution in [-0.4, -0.2) is 12.6 Å². The van der Waals surface area contributed by atoms with Crippen molar-refractivity contribution in [2.24, 2.45) is 0 Å². The van der Waals surface area contributed by atoms with Crippen molar-refractivity contribution < 1.29 is 9.53 Å². The molecular weight excluding hydrogens is 236 g/mol. The Morgan fingerprint density at radius 2 is 2.24 bits per heavy atom. The first-order chi connectivity index (χ1) is 8.27. The molecule has 0 saturated carbocycles. The second-order valence-electron chi connectivity index (χ2n) is 3.75. The maximum Gasteiger partial charge on any atom is 0.338 e. The van der Waals surface area contributed by atoms with Crippen LogP contribution in [0.5, 0.6) is 0 Å². The molecule has 0 N–H and O–H groups in total. The lowest BCUT2D eigenvalue weighted by Gasteiger charge is -2.05. The third kappa shape index (κ3) is 5.05. The van der Waals surface area contributed by atoms with Crippen molar-refractivity contribution in [3.05, 3.63) is 48.0 Å². The summed E-state index contributed by atoms with van der Waals surface area (Å²) < 4.78 is 5.16. The molecule has 0 aliphatic rings. The summed E-state index contributed by atoms with van der Waals surface area (Å²) in [5, 5.41) is 0. The number of allylic oxidation sites excluding steroid dienone is 1. The molecule has 0 aromatic heterocycles. The van der Waals surface area contributed by atoms with Gasteiger partial charge in [0.05, 0.1) is 12.2 Å². The molecular formula is C14H17ClO2. The summed E-state index contributed by atoms with van der Waals surface area (Å²) in [4.78, 5) is 11.7. The fourth-order valence-corrected chi connectivity index (χ4v) is 1.59. The molecule has 1 aromatic rings. The van der Waals surface area contributed by atoms with Gasteiger partial charge in [-0.15, -0.1) is 18.2 Å². The summed E-state index contributed by atoms with van der Waals surface area (Å²) in [5.74, 6) is 0.121. The highest BCUT2D eigenvalue weighted by Crippen LogP contribution is 2.09. The number of hydrogen-bond acceptors (Lipinski definition) is 2. The van der Waals surface area contributed by atoms with Gasteiger partial charge >= 0.3 is 5.97 Å². The minimum Gasteiger partial charge on any atom is -0.462 e. The third-order valence-electron chi connectivity index (χ3n) is 2.35. The summed E-state index contributed by atoms with van der Waals surface area (Å²) in [6, 6.07) is 7.20. The van der Waals surface area contributed by atoms with Crippen LogP contribution in [0.1, 0.15) is 35.2 Å². The van der Waals surface area contributed by atoms with E-state index in [-0.39, 0.29) is 5.97 Å². The lowest BCUT2D eigenvalue weighted by molar-refractivity contribution is 0.0498. The predicted octanol–water partition coefficient (Wildman–Crippen LogP) is 3.94. The average Bonchev–Trinajstić information content (AvgIpc) is 2.38. The Labute approximate surface area is 107 Å². The molecule has 0 radical (unpaired) electrons. The van der Waals surface area contributed by atoms with Crippen LogP contribution >= 0.6 is 11.6 Å². The maximum atomic E-state index is 11.7. The van der Waals surface area contributed by atoms with E-state index in [1.165, 1.54) is 0 Å². The lowest BCUT2D eigenvalue weighted by Crippen LogP contribution is -2.06. The zero-order chi connectivity index (χ0) is 12.5. The topological polar surface area (TPSA) is 26.3 Å². The number of benzene rings is 1. The van der Waals surface area contributed by atoms with E-state index in [9.17, 15) is 4.79 Å². The predicted molar refractivity (Wildman–Crippen MR) is 70.3 cm³/mol. The van der Waals surface area contributed by atoms with Crippen molar-refractivity contribution in [2.75, 3.05) is 6.61 Å². The molecule has 0 unspecified atom stereocenters. The Kier molecular flexibility index (Phi) is 6.41. The van der Waals surface area contributed by atoms with Gasteiger partial charge in [-0.1, -0.05) is 18.2 Å². The van der Waals surface area contributed by atoms with Gasteiger partial charge in [0.2, 0.25) is 0 Å². The molecule has 1 rings (SSSR count). The van der Waals surface area contributed by atoms with Gasteiger partial charge in [0.25, 0.3) is 0 Å². The maximum absolute atomic E-state index is 11.7. The Hall–Kier alpha value is -1.28. The van der Waals surface area contributed by atoms with Crippen molar-refractivity contribution in [1.29, 1.82) is 0 Å². The van der Waals surface area contributed by atoms with E-state index in [1.807, 2.05) is 18.2 Å². The molecule has 17 heavy (non-hydrogen) atoms. The van der Waals surface area contributed by atoms with E-state index >= 15 is 0 Å². The van der Waals surface area contributed by atoms with Gasteiger partial charge in [-0.2, -0.15) is 0 Å². The summed E-state index contributed by atoms with van der Waals surface area (Å²) in [6.07, 6.45) is 4.69. The van der Waals surface area contributed by atoms with Crippen LogP contribution < -0.4 is 0 Å². The zero-order valence-corrected chi connectivity index (χ0v) is 10.6. The summed E-state index contributed by atoms with van der Waals surface area (Å²) >= 11 is 5.70. The molecule has 0 bridgehead atoms. The van der Waals surface area contributed by atoms with Crippen LogP contribution in [0.15, 0.2) is 36.9 Å². The number of rotatable bonds is 7. The summed E-state index contributed by atoms with van der Waals surface area (Å²) in [5.41, 5.74) is 1.49. The second kappa shape index (κ2) is 7.91. The fourth-order valence-electron chi connectivity index (χ4n) is 1.42. The highest BCUT2D eigenvalue weighted by atomic mass is 35.5. The molecule has 0 atom stereocenters. The molecule has 0 heterocycles. The monoisotopic (exact) mass is 252 g/mol. The van der Waals surface area contributed by atoms with Crippen LogP contribution in [-0.2, 0) is 10.6 Å². The zero-order valence-electron chi connectivity index (χ0n) is 9.82. The van der Waals surface area contributed by atoms with Gasteiger partial charge in [0.1, 0.15) is 0 Å². The Balaban J connectivity index is 2.38. The highest BCUT2D eigenvalue weighted by Gasteiger charge is 2.06. The molecule has 92 valence electrons. The van der Waals surface area contributed by atoms with Crippen LogP contribution in [0.4, 0.5) is 0 Å². The average molecular weight is 253 g/mol. The van der Waals surface area contributed by atoms with Gasteiger partial charge in [-0.25, -0.2) is 4.79 Å². The fraction of sp³-hybridized carbons (Fsp3) is 0.357. The van der Waals surface area contributed by atoms with Crippen LogP contribution in [0.3, 0.4) is 0 Å². The normalized spacial score (nSPS) is 9.94. The molecule has 0 aliphatic heterocycles. The molecule has 0 spiro atoms. The molecule has 0 saturated heterocycles. The van der Waals surface area contributed by atoms with Crippen molar-refractivity contribution in [1.82, 2.24) is 0 Å². The van der Waals surface area contributed by atoms with E-state index < -0.39 is 0 Å². The van der Waals surface area contributed by atoms with Crippen molar-refractivity contribution >= 4 is 17.6 Å². The standard InChI is InChI=1S/C14H17ClO2/c1-2-3-4-5-9-17-14(16)13-8-6-7-12(10-13)11-15/h2,6-8,10H,1,3-5,9,11H2. The number of carbonyl (C=O) groups excluding carboxylic acids is 1. The second-order valence-corrected chi connectivity index (χ2v) is 4.02.